The van der Waals surface area contributed by atoms with Gasteiger partial charge in [0.2, 0.25) is 0 Å². The molecular formula is C13H15IO3. The van der Waals surface area contributed by atoms with E-state index in [4.69, 9.17) is 9.47 Å². The van der Waals surface area contributed by atoms with Crippen molar-refractivity contribution >= 4 is 28.7 Å². The van der Waals surface area contributed by atoms with Crippen molar-refractivity contribution in [3.63, 3.8) is 0 Å². The normalized spacial score (nSPS) is 15.2. The highest BCUT2D eigenvalue weighted by molar-refractivity contribution is 14.1. The molecule has 0 fully saturated rings. The number of ether oxygens (including phenoxy) is 2. The average Bonchev–Trinajstić information content (AvgIpc) is 2.75. The molecule has 0 spiro atoms. The van der Waals surface area contributed by atoms with Crippen molar-refractivity contribution in [2.24, 2.45) is 0 Å². The van der Waals surface area contributed by atoms with E-state index < -0.39 is 6.16 Å². The Morgan fingerprint density at radius 3 is 2.94 bits per heavy atom. The van der Waals surface area contributed by atoms with Crippen molar-refractivity contribution < 1.29 is 14.3 Å². The van der Waals surface area contributed by atoms with E-state index in [1.165, 1.54) is 17.5 Å². The molecule has 2 rings (SSSR count). The molecule has 0 amide bonds. The molecule has 0 bridgehead atoms. The van der Waals surface area contributed by atoms with Gasteiger partial charge in [0.1, 0.15) is 5.75 Å². The molecule has 0 saturated carbocycles. The van der Waals surface area contributed by atoms with Gasteiger partial charge in [-0.15, -0.1) is 0 Å². The van der Waals surface area contributed by atoms with Crippen molar-refractivity contribution in [2.45, 2.75) is 36.7 Å². The summed E-state index contributed by atoms with van der Waals surface area (Å²) in [7, 11) is 0. The predicted molar refractivity (Wildman–Crippen MR) is 73.7 cm³/mol. The van der Waals surface area contributed by atoms with Gasteiger partial charge in [0.15, 0.2) is 4.11 Å². The molecule has 1 aliphatic carbocycles. The molecule has 0 radical (unpaired) electrons. The van der Waals surface area contributed by atoms with E-state index in [0.29, 0.717) is 5.75 Å². The lowest BCUT2D eigenvalue weighted by Crippen LogP contribution is -2.15. The van der Waals surface area contributed by atoms with E-state index in [9.17, 15) is 4.79 Å². The van der Waals surface area contributed by atoms with E-state index in [-0.39, 0.29) is 4.11 Å². The summed E-state index contributed by atoms with van der Waals surface area (Å²) in [5.74, 6) is 0.579. The van der Waals surface area contributed by atoms with E-state index in [2.05, 4.69) is 22.6 Å². The van der Waals surface area contributed by atoms with Crippen LogP contribution in [0.15, 0.2) is 18.2 Å². The highest BCUT2D eigenvalue weighted by atomic mass is 127. The summed E-state index contributed by atoms with van der Waals surface area (Å²) in [6.45, 7) is 1.96. The van der Waals surface area contributed by atoms with Gasteiger partial charge in [-0.25, -0.2) is 4.79 Å². The summed E-state index contributed by atoms with van der Waals surface area (Å²) in [5.41, 5.74) is 2.66. The molecule has 0 heterocycles. The van der Waals surface area contributed by atoms with Crippen LogP contribution < -0.4 is 4.74 Å². The molecule has 4 heteroatoms. The smallest absolute Gasteiger partial charge is 0.420 e. The number of rotatable bonds is 3. The zero-order valence-electron chi connectivity index (χ0n) is 9.74. The average molecular weight is 346 g/mol. The zero-order valence-corrected chi connectivity index (χ0v) is 11.9. The summed E-state index contributed by atoms with van der Waals surface area (Å²) in [6.07, 6.45) is 3.55. The zero-order chi connectivity index (χ0) is 12.3. The van der Waals surface area contributed by atoms with E-state index in [1.807, 2.05) is 25.1 Å². The summed E-state index contributed by atoms with van der Waals surface area (Å²) in [6, 6.07) is 5.81. The quantitative estimate of drug-likeness (QED) is 0.361. The summed E-state index contributed by atoms with van der Waals surface area (Å²) < 4.78 is 10.1. The molecule has 0 saturated heterocycles. The molecule has 3 nitrogen and oxygen atoms in total. The molecule has 0 aromatic heterocycles. The Bertz CT molecular complexity index is 417. The first-order valence-corrected chi connectivity index (χ1v) is 7.08. The number of halogens is 1. The maximum Gasteiger partial charge on any atom is 0.514 e. The standard InChI is InChI=1S/C13H15IO3/c1-2-12(14)17-13(15)16-11-7-6-9-4-3-5-10(9)8-11/h6-8,12H,2-5H2,1H3. The summed E-state index contributed by atoms with van der Waals surface area (Å²) in [4.78, 5) is 11.4. The minimum Gasteiger partial charge on any atom is -0.420 e. The van der Waals surface area contributed by atoms with Gasteiger partial charge in [-0.05, 0) is 71.5 Å². The van der Waals surface area contributed by atoms with Crippen LogP contribution in [0.1, 0.15) is 30.9 Å². The SMILES string of the molecule is CCC(I)OC(=O)Oc1ccc2c(c1)CCC2. The van der Waals surface area contributed by atoms with Crippen molar-refractivity contribution in [3.8, 4) is 5.75 Å². The Kier molecular flexibility index (Phi) is 4.25. The predicted octanol–water partition coefficient (Wildman–Crippen LogP) is 3.86. The van der Waals surface area contributed by atoms with E-state index >= 15 is 0 Å². The number of alkyl halides is 1. The lowest BCUT2D eigenvalue weighted by molar-refractivity contribution is 0.0933. The van der Waals surface area contributed by atoms with Crippen LogP contribution in [-0.4, -0.2) is 10.3 Å². The molecule has 1 aromatic carbocycles. The number of hydrogen-bond donors (Lipinski definition) is 0. The maximum absolute atomic E-state index is 11.4. The number of carbonyl (C=O) groups is 1. The third kappa shape index (κ3) is 3.34. The first-order chi connectivity index (χ1) is 8.19. The van der Waals surface area contributed by atoms with Gasteiger partial charge in [-0.2, -0.15) is 0 Å². The molecule has 0 N–H and O–H groups in total. The number of benzene rings is 1. The Morgan fingerprint density at radius 1 is 1.41 bits per heavy atom. The van der Waals surface area contributed by atoms with Crippen LogP contribution in [0.2, 0.25) is 0 Å². The fourth-order valence-electron chi connectivity index (χ4n) is 1.92. The fourth-order valence-corrected chi connectivity index (χ4v) is 2.13. The van der Waals surface area contributed by atoms with Gasteiger partial charge < -0.3 is 9.47 Å². The van der Waals surface area contributed by atoms with Gasteiger partial charge in [0.25, 0.3) is 0 Å². The van der Waals surface area contributed by atoms with Crippen LogP contribution >= 0.6 is 22.6 Å². The molecule has 92 valence electrons. The highest BCUT2D eigenvalue weighted by Crippen LogP contribution is 2.26. The van der Waals surface area contributed by atoms with Gasteiger partial charge in [-0.3, -0.25) is 0 Å². The fraction of sp³-hybridized carbons (Fsp3) is 0.462. The molecule has 1 aliphatic rings. The second-order valence-corrected chi connectivity index (χ2v) is 5.46. The van der Waals surface area contributed by atoms with Gasteiger partial charge in [0.05, 0.1) is 0 Å². The van der Waals surface area contributed by atoms with Crippen molar-refractivity contribution in [1.82, 2.24) is 0 Å². The molecule has 1 atom stereocenters. The monoisotopic (exact) mass is 346 g/mol. The van der Waals surface area contributed by atoms with Crippen LogP contribution in [0.25, 0.3) is 0 Å². The van der Waals surface area contributed by atoms with Gasteiger partial charge in [0, 0.05) is 0 Å². The second kappa shape index (κ2) is 5.71. The summed E-state index contributed by atoms with van der Waals surface area (Å²) in [5, 5.41) is 0. The topological polar surface area (TPSA) is 35.5 Å². The van der Waals surface area contributed by atoms with Crippen LogP contribution in [0, 0.1) is 0 Å². The van der Waals surface area contributed by atoms with E-state index in [0.717, 1.165) is 19.3 Å². The molecule has 1 unspecified atom stereocenters. The van der Waals surface area contributed by atoms with Crippen LogP contribution in [0.5, 0.6) is 5.75 Å². The van der Waals surface area contributed by atoms with Crippen LogP contribution in [0.4, 0.5) is 4.79 Å². The second-order valence-electron chi connectivity index (χ2n) is 4.07. The molecule has 1 aromatic rings. The Balaban J connectivity index is 1.97. The minimum absolute atomic E-state index is 0.130. The van der Waals surface area contributed by atoms with Gasteiger partial charge in [-0.1, -0.05) is 13.0 Å². The van der Waals surface area contributed by atoms with Crippen LogP contribution in [-0.2, 0) is 17.6 Å². The van der Waals surface area contributed by atoms with E-state index in [1.54, 1.807) is 0 Å². The van der Waals surface area contributed by atoms with Crippen LogP contribution in [0.3, 0.4) is 0 Å². The van der Waals surface area contributed by atoms with Gasteiger partial charge >= 0.3 is 6.16 Å². The third-order valence-corrected chi connectivity index (χ3v) is 3.95. The number of hydrogen-bond acceptors (Lipinski definition) is 3. The molecular weight excluding hydrogens is 331 g/mol. The Hall–Kier alpha value is -0.780. The van der Waals surface area contributed by atoms with Crippen molar-refractivity contribution in [2.75, 3.05) is 0 Å². The lowest BCUT2D eigenvalue weighted by atomic mass is 10.1. The third-order valence-electron chi connectivity index (χ3n) is 2.82. The largest absolute Gasteiger partial charge is 0.514 e. The molecule has 17 heavy (non-hydrogen) atoms. The Morgan fingerprint density at radius 2 is 2.18 bits per heavy atom. The van der Waals surface area contributed by atoms with Crippen molar-refractivity contribution in [1.29, 1.82) is 0 Å². The highest BCUT2D eigenvalue weighted by Gasteiger charge is 2.14. The number of fused-ring (bicyclic) bond motifs is 1. The first kappa shape index (κ1) is 12.7. The number of carbonyl (C=O) groups excluding carboxylic acids is 1. The maximum atomic E-state index is 11.4. The first-order valence-electron chi connectivity index (χ1n) is 5.83. The molecule has 0 aliphatic heterocycles. The summed E-state index contributed by atoms with van der Waals surface area (Å²) >= 11 is 2.07. The number of aryl methyl sites for hydroxylation is 2. The Labute approximate surface area is 115 Å². The lowest BCUT2D eigenvalue weighted by Gasteiger charge is -2.10. The minimum atomic E-state index is -0.621. The van der Waals surface area contributed by atoms with Crippen molar-refractivity contribution in [3.05, 3.63) is 29.3 Å².